The summed E-state index contributed by atoms with van der Waals surface area (Å²) >= 11 is 0. The standard InChI is InChI=1S/C16H24N2O2/c19-15-12-17-11-14(15)18-8-6-16(20,7-9-18)10-13-4-2-1-3-5-13/h1-5,14-15,17,19-20H,6-12H2/t14-,15?/m1/s1. The van der Waals surface area contributed by atoms with E-state index in [4.69, 9.17) is 0 Å². The molecule has 0 amide bonds. The van der Waals surface area contributed by atoms with Crippen molar-refractivity contribution in [3.63, 3.8) is 0 Å². The Labute approximate surface area is 120 Å². The maximum atomic E-state index is 10.7. The van der Waals surface area contributed by atoms with Crippen LogP contribution < -0.4 is 5.32 Å². The number of hydrogen-bond donors (Lipinski definition) is 3. The molecular formula is C16H24N2O2. The van der Waals surface area contributed by atoms with Crippen molar-refractivity contribution in [2.75, 3.05) is 26.2 Å². The molecule has 2 atom stereocenters. The van der Waals surface area contributed by atoms with E-state index in [9.17, 15) is 10.2 Å². The third kappa shape index (κ3) is 3.04. The molecule has 2 saturated heterocycles. The van der Waals surface area contributed by atoms with Gasteiger partial charge in [-0.1, -0.05) is 30.3 Å². The fourth-order valence-corrected chi connectivity index (χ4v) is 3.45. The molecule has 2 aliphatic rings. The van der Waals surface area contributed by atoms with Gasteiger partial charge in [-0.3, -0.25) is 4.90 Å². The maximum Gasteiger partial charge on any atom is 0.0831 e. The zero-order valence-electron chi connectivity index (χ0n) is 11.8. The molecule has 3 rings (SSSR count). The van der Waals surface area contributed by atoms with Crippen molar-refractivity contribution in [1.29, 1.82) is 0 Å². The molecule has 0 bridgehead atoms. The van der Waals surface area contributed by atoms with Crippen molar-refractivity contribution < 1.29 is 10.2 Å². The van der Waals surface area contributed by atoms with Gasteiger partial charge in [-0.25, -0.2) is 0 Å². The molecule has 1 unspecified atom stereocenters. The average Bonchev–Trinajstić information content (AvgIpc) is 2.87. The van der Waals surface area contributed by atoms with Gasteiger partial charge in [-0.05, 0) is 18.4 Å². The van der Waals surface area contributed by atoms with Gasteiger partial charge in [-0.2, -0.15) is 0 Å². The smallest absolute Gasteiger partial charge is 0.0831 e. The maximum absolute atomic E-state index is 10.7. The van der Waals surface area contributed by atoms with E-state index in [1.165, 1.54) is 5.56 Å². The SMILES string of the molecule is OC1CNC[C@H]1N1CCC(O)(Cc2ccccc2)CC1. The normalized spacial score (nSPS) is 30.5. The number of rotatable bonds is 3. The van der Waals surface area contributed by atoms with Crippen LogP contribution >= 0.6 is 0 Å². The molecule has 1 aromatic carbocycles. The number of aliphatic hydroxyl groups is 2. The molecule has 0 saturated carbocycles. The van der Waals surface area contributed by atoms with Crippen molar-refractivity contribution >= 4 is 0 Å². The largest absolute Gasteiger partial charge is 0.390 e. The summed E-state index contributed by atoms with van der Waals surface area (Å²) in [6.07, 6.45) is 2.03. The Hall–Kier alpha value is -0.940. The first-order valence-corrected chi connectivity index (χ1v) is 7.55. The van der Waals surface area contributed by atoms with Crippen LogP contribution in [0.1, 0.15) is 18.4 Å². The van der Waals surface area contributed by atoms with Gasteiger partial charge in [0.1, 0.15) is 0 Å². The van der Waals surface area contributed by atoms with Crippen molar-refractivity contribution in [3.05, 3.63) is 35.9 Å². The van der Waals surface area contributed by atoms with E-state index in [1.807, 2.05) is 18.2 Å². The minimum absolute atomic E-state index is 0.219. The summed E-state index contributed by atoms with van der Waals surface area (Å²) in [5.41, 5.74) is 0.612. The van der Waals surface area contributed by atoms with Crippen LogP contribution in [-0.4, -0.2) is 59.0 Å². The van der Waals surface area contributed by atoms with E-state index in [1.54, 1.807) is 0 Å². The molecule has 2 fully saturated rings. The van der Waals surface area contributed by atoms with Crippen molar-refractivity contribution in [3.8, 4) is 0 Å². The summed E-state index contributed by atoms with van der Waals surface area (Å²) in [5, 5.41) is 23.9. The minimum atomic E-state index is -0.588. The van der Waals surface area contributed by atoms with E-state index >= 15 is 0 Å². The number of nitrogens with one attached hydrogen (secondary N) is 1. The Morgan fingerprint density at radius 3 is 2.45 bits per heavy atom. The third-order valence-corrected chi connectivity index (χ3v) is 4.72. The van der Waals surface area contributed by atoms with Crippen LogP contribution in [0.15, 0.2) is 30.3 Å². The van der Waals surface area contributed by atoms with Crippen LogP contribution in [0, 0.1) is 0 Å². The Morgan fingerprint density at radius 1 is 1.15 bits per heavy atom. The minimum Gasteiger partial charge on any atom is -0.390 e. The highest BCUT2D eigenvalue weighted by Gasteiger charge is 2.37. The van der Waals surface area contributed by atoms with Gasteiger partial charge in [0, 0.05) is 38.6 Å². The first-order chi connectivity index (χ1) is 9.66. The Kier molecular flexibility index (Phi) is 4.08. The second kappa shape index (κ2) is 5.82. The molecule has 0 spiro atoms. The second-order valence-corrected chi connectivity index (χ2v) is 6.22. The van der Waals surface area contributed by atoms with Crippen molar-refractivity contribution in [1.82, 2.24) is 10.2 Å². The molecule has 0 aromatic heterocycles. The number of aliphatic hydroxyl groups excluding tert-OH is 1. The van der Waals surface area contributed by atoms with E-state index in [0.29, 0.717) is 6.54 Å². The van der Waals surface area contributed by atoms with Gasteiger partial charge < -0.3 is 15.5 Å². The van der Waals surface area contributed by atoms with Crippen LogP contribution in [0.25, 0.3) is 0 Å². The highest BCUT2D eigenvalue weighted by atomic mass is 16.3. The predicted molar refractivity (Wildman–Crippen MR) is 78.6 cm³/mol. The second-order valence-electron chi connectivity index (χ2n) is 6.22. The van der Waals surface area contributed by atoms with Crippen LogP contribution in [0.4, 0.5) is 0 Å². The molecule has 4 nitrogen and oxygen atoms in total. The quantitative estimate of drug-likeness (QED) is 0.747. The molecule has 110 valence electrons. The number of hydrogen-bond acceptors (Lipinski definition) is 4. The lowest BCUT2D eigenvalue weighted by Gasteiger charge is -2.41. The molecule has 3 N–H and O–H groups in total. The Balaban J connectivity index is 1.57. The topological polar surface area (TPSA) is 55.7 Å². The molecule has 2 heterocycles. The van der Waals surface area contributed by atoms with Crippen LogP contribution in [0.3, 0.4) is 0 Å². The predicted octanol–water partition coefficient (Wildman–Crippen LogP) is 0.389. The Bertz CT molecular complexity index is 429. The van der Waals surface area contributed by atoms with Crippen LogP contribution in [0.5, 0.6) is 0 Å². The van der Waals surface area contributed by atoms with E-state index in [0.717, 1.165) is 38.9 Å². The summed E-state index contributed by atoms with van der Waals surface area (Å²) in [6.45, 7) is 3.28. The van der Waals surface area contributed by atoms with Gasteiger partial charge in [0.25, 0.3) is 0 Å². The molecular weight excluding hydrogens is 252 g/mol. The number of nitrogens with zero attached hydrogens (tertiary/aromatic N) is 1. The number of piperidine rings is 1. The molecule has 1 aromatic rings. The first-order valence-electron chi connectivity index (χ1n) is 7.55. The van der Waals surface area contributed by atoms with E-state index < -0.39 is 5.60 Å². The zero-order valence-corrected chi connectivity index (χ0v) is 11.8. The average molecular weight is 276 g/mol. The molecule has 0 aliphatic carbocycles. The number of likely N-dealkylation sites (tertiary alicyclic amines) is 1. The Morgan fingerprint density at radius 2 is 1.85 bits per heavy atom. The third-order valence-electron chi connectivity index (χ3n) is 4.72. The van der Waals surface area contributed by atoms with Gasteiger partial charge in [0.05, 0.1) is 11.7 Å². The molecule has 4 heteroatoms. The van der Waals surface area contributed by atoms with E-state index in [-0.39, 0.29) is 12.1 Å². The van der Waals surface area contributed by atoms with Gasteiger partial charge in [0.2, 0.25) is 0 Å². The highest BCUT2D eigenvalue weighted by molar-refractivity contribution is 5.17. The summed E-state index contributed by atoms with van der Waals surface area (Å²) in [6, 6.07) is 10.4. The van der Waals surface area contributed by atoms with Crippen molar-refractivity contribution in [2.45, 2.75) is 37.0 Å². The monoisotopic (exact) mass is 276 g/mol. The van der Waals surface area contributed by atoms with Crippen LogP contribution in [0.2, 0.25) is 0 Å². The fourth-order valence-electron chi connectivity index (χ4n) is 3.45. The molecule has 2 aliphatic heterocycles. The molecule has 0 radical (unpaired) electrons. The number of benzene rings is 1. The first kappa shape index (κ1) is 14.0. The zero-order chi connectivity index (χ0) is 14.0. The lowest BCUT2D eigenvalue weighted by molar-refractivity contribution is -0.0403. The van der Waals surface area contributed by atoms with Gasteiger partial charge in [0.15, 0.2) is 0 Å². The highest BCUT2D eigenvalue weighted by Crippen LogP contribution is 2.28. The van der Waals surface area contributed by atoms with Crippen molar-refractivity contribution in [2.24, 2.45) is 0 Å². The summed E-state index contributed by atoms with van der Waals surface area (Å²) in [5.74, 6) is 0. The van der Waals surface area contributed by atoms with Gasteiger partial charge in [-0.15, -0.1) is 0 Å². The summed E-state index contributed by atoms with van der Waals surface area (Å²) < 4.78 is 0. The van der Waals surface area contributed by atoms with Crippen LogP contribution in [-0.2, 0) is 6.42 Å². The van der Waals surface area contributed by atoms with E-state index in [2.05, 4.69) is 22.3 Å². The van der Waals surface area contributed by atoms with Gasteiger partial charge >= 0.3 is 0 Å². The number of β-amino-alcohol motifs (C(OH)–C–C–N with tert-alkyl or cyclic N) is 1. The lowest BCUT2D eigenvalue weighted by Crippen LogP contribution is -2.52. The summed E-state index contributed by atoms with van der Waals surface area (Å²) in [7, 11) is 0. The molecule has 20 heavy (non-hydrogen) atoms. The lowest BCUT2D eigenvalue weighted by atomic mass is 9.85. The summed E-state index contributed by atoms with van der Waals surface area (Å²) in [4.78, 5) is 2.32. The fraction of sp³-hybridized carbons (Fsp3) is 0.625.